The molecule has 0 aliphatic rings. The van der Waals surface area contributed by atoms with Crippen molar-refractivity contribution in [3.63, 3.8) is 0 Å². The first kappa shape index (κ1) is 14.6. The number of unbranched alkanes of at least 4 members (excludes halogenated alkanes) is 1. The van der Waals surface area contributed by atoms with E-state index in [4.69, 9.17) is 11.6 Å². The summed E-state index contributed by atoms with van der Waals surface area (Å²) in [5, 5.41) is 0.606. The van der Waals surface area contributed by atoms with Gasteiger partial charge in [0.05, 0.1) is 10.7 Å². The summed E-state index contributed by atoms with van der Waals surface area (Å²) in [6, 6.07) is 15.5. The standard InChI is InChI=1S/C17H18ClNO/c1-2-3-12-19(15-9-5-4-6-10-15)17-14(13-20)8-7-11-16(17)18/h4-11,13H,2-3,12H2,1H3. The Bertz CT molecular complexity index is 568. The van der Waals surface area contributed by atoms with Gasteiger partial charge in [-0.05, 0) is 30.7 Å². The summed E-state index contributed by atoms with van der Waals surface area (Å²) < 4.78 is 0. The second kappa shape index (κ2) is 7.11. The van der Waals surface area contributed by atoms with E-state index in [1.807, 2.05) is 36.4 Å². The van der Waals surface area contributed by atoms with E-state index < -0.39 is 0 Å². The molecule has 0 saturated heterocycles. The highest BCUT2D eigenvalue weighted by Crippen LogP contribution is 2.34. The molecule has 2 rings (SSSR count). The number of aldehydes is 1. The van der Waals surface area contributed by atoms with Crippen LogP contribution in [0.25, 0.3) is 0 Å². The summed E-state index contributed by atoms with van der Waals surface area (Å²) in [6.45, 7) is 2.99. The predicted octanol–water partition coefficient (Wildman–Crippen LogP) is 5.09. The van der Waals surface area contributed by atoms with Crippen molar-refractivity contribution in [2.75, 3.05) is 11.4 Å². The first-order valence-corrected chi connectivity index (χ1v) is 7.22. The van der Waals surface area contributed by atoms with E-state index in [0.717, 1.165) is 37.0 Å². The molecular weight excluding hydrogens is 270 g/mol. The molecule has 0 saturated carbocycles. The molecule has 0 aromatic heterocycles. The van der Waals surface area contributed by atoms with Crippen molar-refractivity contribution in [2.45, 2.75) is 19.8 Å². The lowest BCUT2D eigenvalue weighted by atomic mass is 10.1. The highest BCUT2D eigenvalue weighted by atomic mass is 35.5. The number of anilines is 2. The van der Waals surface area contributed by atoms with Gasteiger partial charge in [0.1, 0.15) is 0 Å². The van der Waals surface area contributed by atoms with Crippen LogP contribution < -0.4 is 4.90 Å². The van der Waals surface area contributed by atoms with E-state index in [2.05, 4.69) is 11.8 Å². The summed E-state index contributed by atoms with van der Waals surface area (Å²) in [4.78, 5) is 13.4. The minimum absolute atomic E-state index is 0.606. The molecule has 0 aliphatic heterocycles. The zero-order valence-electron chi connectivity index (χ0n) is 11.6. The summed E-state index contributed by atoms with van der Waals surface area (Å²) in [5.41, 5.74) is 2.47. The van der Waals surface area contributed by atoms with Crippen LogP contribution in [-0.2, 0) is 0 Å². The van der Waals surface area contributed by atoms with E-state index in [-0.39, 0.29) is 0 Å². The third-order valence-electron chi connectivity index (χ3n) is 3.22. The van der Waals surface area contributed by atoms with Gasteiger partial charge in [-0.3, -0.25) is 4.79 Å². The van der Waals surface area contributed by atoms with Gasteiger partial charge in [-0.1, -0.05) is 49.2 Å². The van der Waals surface area contributed by atoms with Gasteiger partial charge >= 0.3 is 0 Å². The normalized spacial score (nSPS) is 10.3. The number of carbonyl (C=O) groups excluding carboxylic acids is 1. The molecule has 0 fully saturated rings. The Balaban J connectivity index is 2.49. The monoisotopic (exact) mass is 287 g/mol. The second-order valence-electron chi connectivity index (χ2n) is 4.64. The van der Waals surface area contributed by atoms with Crippen molar-refractivity contribution in [3.05, 3.63) is 59.1 Å². The number of hydrogen-bond donors (Lipinski definition) is 0. The largest absolute Gasteiger partial charge is 0.340 e. The Morgan fingerprint density at radius 2 is 1.85 bits per heavy atom. The molecule has 3 heteroatoms. The first-order valence-electron chi connectivity index (χ1n) is 6.84. The SMILES string of the molecule is CCCCN(c1ccccc1)c1c(Cl)cccc1C=O. The maximum Gasteiger partial charge on any atom is 0.152 e. The van der Waals surface area contributed by atoms with E-state index in [1.54, 1.807) is 12.1 Å². The third-order valence-corrected chi connectivity index (χ3v) is 3.52. The van der Waals surface area contributed by atoms with Crippen LogP contribution in [0.5, 0.6) is 0 Å². The minimum atomic E-state index is 0.606. The minimum Gasteiger partial charge on any atom is -0.340 e. The molecular formula is C17H18ClNO. The molecule has 0 atom stereocenters. The Hall–Kier alpha value is -1.80. The van der Waals surface area contributed by atoms with E-state index in [0.29, 0.717) is 10.6 Å². The van der Waals surface area contributed by atoms with Crippen molar-refractivity contribution in [2.24, 2.45) is 0 Å². The van der Waals surface area contributed by atoms with Crippen LogP contribution in [0.1, 0.15) is 30.1 Å². The average Bonchev–Trinajstić information content (AvgIpc) is 2.50. The van der Waals surface area contributed by atoms with Crippen LogP contribution >= 0.6 is 11.6 Å². The van der Waals surface area contributed by atoms with Crippen molar-refractivity contribution in [1.82, 2.24) is 0 Å². The lowest BCUT2D eigenvalue weighted by Crippen LogP contribution is -2.20. The average molecular weight is 288 g/mol. The van der Waals surface area contributed by atoms with Gasteiger partial charge in [-0.25, -0.2) is 0 Å². The fraction of sp³-hybridized carbons (Fsp3) is 0.235. The zero-order valence-corrected chi connectivity index (χ0v) is 12.3. The molecule has 20 heavy (non-hydrogen) atoms. The molecule has 104 valence electrons. The molecule has 0 amide bonds. The molecule has 0 N–H and O–H groups in total. The van der Waals surface area contributed by atoms with Crippen molar-refractivity contribution in [3.8, 4) is 0 Å². The molecule has 0 radical (unpaired) electrons. The fourth-order valence-corrected chi connectivity index (χ4v) is 2.49. The van der Waals surface area contributed by atoms with Crippen LogP contribution in [-0.4, -0.2) is 12.8 Å². The van der Waals surface area contributed by atoms with Crippen LogP contribution in [0.3, 0.4) is 0 Å². The Kier molecular flexibility index (Phi) is 5.19. The van der Waals surface area contributed by atoms with Gasteiger partial charge < -0.3 is 4.90 Å². The molecule has 0 aliphatic carbocycles. The van der Waals surface area contributed by atoms with Crippen molar-refractivity contribution < 1.29 is 4.79 Å². The van der Waals surface area contributed by atoms with Gasteiger partial charge in [-0.15, -0.1) is 0 Å². The summed E-state index contributed by atoms with van der Waals surface area (Å²) in [6.07, 6.45) is 2.99. The van der Waals surface area contributed by atoms with Gasteiger partial charge in [0.15, 0.2) is 6.29 Å². The number of hydrogen-bond acceptors (Lipinski definition) is 2. The van der Waals surface area contributed by atoms with Crippen LogP contribution in [0.4, 0.5) is 11.4 Å². The van der Waals surface area contributed by atoms with Crippen LogP contribution in [0.2, 0.25) is 5.02 Å². The number of rotatable bonds is 6. The number of nitrogens with zero attached hydrogens (tertiary/aromatic N) is 1. The van der Waals surface area contributed by atoms with Gasteiger partial charge in [0.25, 0.3) is 0 Å². The van der Waals surface area contributed by atoms with Crippen LogP contribution in [0, 0.1) is 0 Å². The maximum atomic E-state index is 11.3. The summed E-state index contributed by atoms with van der Waals surface area (Å²) in [7, 11) is 0. The molecule has 0 heterocycles. The molecule has 0 unspecified atom stereocenters. The molecule has 2 nitrogen and oxygen atoms in total. The summed E-state index contributed by atoms with van der Waals surface area (Å²) >= 11 is 6.33. The lowest BCUT2D eigenvalue weighted by molar-refractivity contribution is 0.112. The van der Waals surface area contributed by atoms with E-state index in [9.17, 15) is 4.79 Å². The highest BCUT2D eigenvalue weighted by molar-refractivity contribution is 6.34. The third kappa shape index (κ3) is 3.20. The fourth-order valence-electron chi connectivity index (χ4n) is 2.21. The number of benzene rings is 2. The summed E-state index contributed by atoms with van der Waals surface area (Å²) in [5.74, 6) is 0. The first-order chi connectivity index (χ1) is 9.77. The van der Waals surface area contributed by atoms with Gasteiger partial charge in [0, 0.05) is 17.8 Å². The van der Waals surface area contributed by atoms with Gasteiger partial charge in [0.2, 0.25) is 0 Å². The van der Waals surface area contributed by atoms with Gasteiger partial charge in [-0.2, -0.15) is 0 Å². The second-order valence-corrected chi connectivity index (χ2v) is 5.04. The molecule has 0 bridgehead atoms. The topological polar surface area (TPSA) is 20.3 Å². The quantitative estimate of drug-likeness (QED) is 0.690. The zero-order chi connectivity index (χ0) is 14.4. The molecule has 2 aromatic carbocycles. The van der Waals surface area contributed by atoms with E-state index >= 15 is 0 Å². The maximum absolute atomic E-state index is 11.3. The Labute approximate surface area is 125 Å². The molecule has 2 aromatic rings. The number of para-hydroxylation sites is 2. The Morgan fingerprint density at radius 1 is 1.10 bits per heavy atom. The van der Waals surface area contributed by atoms with Crippen molar-refractivity contribution >= 4 is 29.3 Å². The molecule has 0 spiro atoms. The highest BCUT2D eigenvalue weighted by Gasteiger charge is 2.16. The lowest BCUT2D eigenvalue weighted by Gasteiger charge is -2.27. The predicted molar refractivity (Wildman–Crippen MR) is 85.2 cm³/mol. The smallest absolute Gasteiger partial charge is 0.152 e. The Morgan fingerprint density at radius 3 is 2.50 bits per heavy atom. The van der Waals surface area contributed by atoms with E-state index in [1.165, 1.54) is 0 Å². The van der Waals surface area contributed by atoms with Crippen LogP contribution in [0.15, 0.2) is 48.5 Å². The number of halogens is 1. The number of carbonyl (C=O) groups is 1. The van der Waals surface area contributed by atoms with Crippen molar-refractivity contribution in [1.29, 1.82) is 0 Å².